The molecule has 0 saturated carbocycles. The number of aliphatic hydroxyl groups excluding tert-OH is 3. The molecule has 0 spiro atoms. The van der Waals surface area contributed by atoms with E-state index in [2.05, 4.69) is 31.3 Å². The molecule has 0 aliphatic carbocycles. The average molecular weight is 818 g/mol. The molecule has 1 amide bonds. The molecule has 0 radical (unpaired) electrons. The van der Waals surface area contributed by atoms with Crippen LogP contribution in [0.15, 0.2) is 24.3 Å². The number of amides is 1. The van der Waals surface area contributed by atoms with Crippen LogP contribution in [0.1, 0.15) is 284 Å². The van der Waals surface area contributed by atoms with Gasteiger partial charge in [0.1, 0.15) is 0 Å². The molecule has 3 unspecified atom stereocenters. The first kappa shape index (κ1) is 56.8. The number of hydrogen-bond acceptors (Lipinski definition) is 4. The lowest BCUT2D eigenvalue weighted by atomic mass is 10.0. The number of nitrogens with one attached hydrogen (secondary N) is 1. The zero-order chi connectivity index (χ0) is 42.3. The summed E-state index contributed by atoms with van der Waals surface area (Å²) in [6.07, 6.45) is 60.7. The molecule has 4 N–H and O–H groups in total. The van der Waals surface area contributed by atoms with Gasteiger partial charge in [0.15, 0.2) is 0 Å². The van der Waals surface area contributed by atoms with Crippen molar-refractivity contribution < 1.29 is 20.1 Å². The van der Waals surface area contributed by atoms with Crippen LogP contribution >= 0.6 is 0 Å². The summed E-state index contributed by atoms with van der Waals surface area (Å²) in [5.74, 6) is -0.320. The molecule has 5 heteroatoms. The summed E-state index contributed by atoms with van der Waals surface area (Å²) in [6.45, 7) is 4.23. The van der Waals surface area contributed by atoms with Gasteiger partial charge >= 0.3 is 0 Å². The van der Waals surface area contributed by atoms with Crippen LogP contribution in [0.4, 0.5) is 0 Å². The summed E-state index contributed by atoms with van der Waals surface area (Å²) in [5.41, 5.74) is 0. The standard InChI is InChI=1S/C53H103NO4/c1-3-5-7-9-11-13-15-17-19-21-23-25-27-29-31-33-35-37-39-41-43-45-47-52(57)51(49-55)54-53(58)48-50(56)46-44-42-40-38-36-34-32-30-28-26-24-22-20-18-16-14-12-10-8-6-4-2/h37,39,45,47,50-52,55-57H,3-36,38,40-44,46,48-49H2,1-2H3,(H,54,58)/b39-37+,47-45+. The predicted molar refractivity (Wildman–Crippen MR) is 255 cm³/mol. The normalized spacial score (nSPS) is 13.5. The van der Waals surface area contributed by atoms with Crippen LogP contribution < -0.4 is 5.32 Å². The lowest BCUT2D eigenvalue weighted by Gasteiger charge is -2.21. The van der Waals surface area contributed by atoms with Crippen LogP contribution in [-0.2, 0) is 4.79 Å². The van der Waals surface area contributed by atoms with Crippen molar-refractivity contribution in [3.05, 3.63) is 24.3 Å². The first-order valence-corrected chi connectivity index (χ1v) is 26.1. The summed E-state index contributed by atoms with van der Waals surface area (Å²) in [4.78, 5) is 12.5. The number of carbonyl (C=O) groups is 1. The van der Waals surface area contributed by atoms with Crippen LogP contribution in [-0.4, -0.2) is 46.1 Å². The van der Waals surface area contributed by atoms with E-state index in [9.17, 15) is 20.1 Å². The van der Waals surface area contributed by atoms with Gasteiger partial charge in [-0.05, 0) is 32.1 Å². The summed E-state index contributed by atoms with van der Waals surface area (Å²) in [5, 5.41) is 33.4. The van der Waals surface area contributed by atoms with Crippen LogP contribution in [0.5, 0.6) is 0 Å². The third-order valence-corrected chi connectivity index (χ3v) is 12.2. The lowest BCUT2D eigenvalue weighted by Crippen LogP contribution is -2.45. The van der Waals surface area contributed by atoms with Crippen LogP contribution in [0.2, 0.25) is 0 Å². The van der Waals surface area contributed by atoms with Crippen molar-refractivity contribution in [3.63, 3.8) is 0 Å². The smallest absolute Gasteiger partial charge is 0.222 e. The minimum absolute atomic E-state index is 0.0102. The SMILES string of the molecule is CCCCCCCCCCCCCCCCCC/C=C/CC/C=C/C(O)C(CO)NC(=O)CC(O)CCCCCCCCCCCCCCCCCCCCCCC. The molecule has 3 atom stereocenters. The number of unbranched alkanes of at least 4 members (excludes halogenated alkanes) is 37. The molecule has 0 bridgehead atoms. The van der Waals surface area contributed by atoms with Crippen molar-refractivity contribution in [2.45, 2.75) is 302 Å². The molecule has 5 nitrogen and oxygen atoms in total. The van der Waals surface area contributed by atoms with Gasteiger partial charge in [-0.1, -0.05) is 269 Å². The van der Waals surface area contributed by atoms with Crippen LogP contribution in [0.25, 0.3) is 0 Å². The highest BCUT2D eigenvalue weighted by Gasteiger charge is 2.20. The van der Waals surface area contributed by atoms with Gasteiger partial charge in [-0.3, -0.25) is 4.79 Å². The molecule has 0 saturated heterocycles. The molecule has 0 aliphatic rings. The summed E-state index contributed by atoms with van der Waals surface area (Å²) in [6, 6.07) is -0.758. The van der Waals surface area contributed by atoms with E-state index in [0.29, 0.717) is 6.42 Å². The zero-order valence-electron chi connectivity index (χ0n) is 39.2. The van der Waals surface area contributed by atoms with Gasteiger partial charge in [0.25, 0.3) is 0 Å². The maximum atomic E-state index is 12.5. The van der Waals surface area contributed by atoms with Gasteiger partial charge < -0.3 is 20.6 Å². The van der Waals surface area contributed by atoms with Crippen molar-refractivity contribution in [2.24, 2.45) is 0 Å². The fraction of sp³-hybridized carbons (Fsp3) is 0.906. The van der Waals surface area contributed by atoms with Gasteiger partial charge in [-0.25, -0.2) is 0 Å². The van der Waals surface area contributed by atoms with Gasteiger partial charge in [0, 0.05) is 0 Å². The van der Waals surface area contributed by atoms with E-state index < -0.39 is 18.2 Å². The monoisotopic (exact) mass is 818 g/mol. The Hall–Kier alpha value is -1.17. The fourth-order valence-electron chi connectivity index (χ4n) is 8.24. The van der Waals surface area contributed by atoms with Crippen LogP contribution in [0.3, 0.4) is 0 Å². The highest BCUT2D eigenvalue weighted by molar-refractivity contribution is 5.76. The maximum absolute atomic E-state index is 12.5. The van der Waals surface area contributed by atoms with E-state index in [-0.39, 0.29) is 18.9 Å². The number of aliphatic hydroxyl groups is 3. The molecule has 0 aromatic heterocycles. The lowest BCUT2D eigenvalue weighted by molar-refractivity contribution is -0.124. The third-order valence-electron chi connectivity index (χ3n) is 12.2. The Kier molecular flexibility index (Phi) is 47.5. The van der Waals surface area contributed by atoms with E-state index in [1.807, 2.05) is 6.08 Å². The number of carbonyl (C=O) groups excluding carboxylic acids is 1. The molecular formula is C53H103NO4. The Morgan fingerprint density at radius 1 is 0.431 bits per heavy atom. The van der Waals surface area contributed by atoms with Crippen molar-refractivity contribution >= 4 is 5.91 Å². The molecule has 0 rings (SSSR count). The van der Waals surface area contributed by atoms with E-state index in [4.69, 9.17) is 0 Å². The third kappa shape index (κ3) is 44.4. The molecule has 344 valence electrons. The molecule has 0 aliphatic heterocycles. The quantitative estimate of drug-likeness (QED) is 0.0364. The number of rotatable bonds is 48. The van der Waals surface area contributed by atoms with Gasteiger partial charge in [0.2, 0.25) is 5.91 Å². The molecule has 0 aromatic carbocycles. The maximum Gasteiger partial charge on any atom is 0.222 e. The van der Waals surface area contributed by atoms with Crippen molar-refractivity contribution in [3.8, 4) is 0 Å². The molecule has 58 heavy (non-hydrogen) atoms. The van der Waals surface area contributed by atoms with E-state index in [1.165, 1.54) is 225 Å². The second kappa shape index (κ2) is 48.5. The molecule has 0 aromatic rings. The molecule has 0 heterocycles. The second-order valence-corrected chi connectivity index (χ2v) is 18.1. The first-order valence-electron chi connectivity index (χ1n) is 26.1. The summed E-state index contributed by atoms with van der Waals surface area (Å²) in [7, 11) is 0. The van der Waals surface area contributed by atoms with E-state index in [1.54, 1.807) is 6.08 Å². The Bertz CT molecular complexity index is 859. The van der Waals surface area contributed by atoms with E-state index in [0.717, 1.165) is 32.1 Å². The molecule has 0 fully saturated rings. The highest BCUT2D eigenvalue weighted by atomic mass is 16.3. The van der Waals surface area contributed by atoms with Crippen LogP contribution in [0, 0.1) is 0 Å². The summed E-state index contributed by atoms with van der Waals surface area (Å²) < 4.78 is 0. The van der Waals surface area contributed by atoms with Crippen molar-refractivity contribution in [1.29, 1.82) is 0 Å². The number of hydrogen-bond donors (Lipinski definition) is 4. The van der Waals surface area contributed by atoms with Gasteiger partial charge in [-0.15, -0.1) is 0 Å². The second-order valence-electron chi connectivity index (χ2n) is 18.1. The minimum Gasteiger partial charge on any atom is -0.394 e. The van der Waals surface area contributed by atoms with E-state index >= 15 is 0 Å². The van der Waals surface area contributed by atoms with Crippen molar-refractivity contribution in [1.82, 2.24) is 5.32 Å². The van der Waals surface area contributed by atoms with Gasteiger partial charge in [-0.2, -0.15) is 0 Å². The highest BCUT2D eigenvalue weighted by Crippen LogP contribution is 2.17. The van der Waals surface area contributed by atoms with Gasteiger partial charge in [0.05, 0.1) is 31.3 Å². The Morgan fingerprint density at radius 3 is 1.10 bits per heavy atom. The Morgan fingerprint density at radius 2 is 0.741 bits per heavy atom. The number of allylic oxidation sites excluding steroid dienone is 3. The molecular weight excluding hydrogens is 715 g/mol. The summed E-state index contributed by atoms with van der Waals surface area (Å²) >= 11 is 0. The minimum atomic E-state index is -0.949. The fourth-order valence-corrected chi connectivity index (χ4v) is 8.24. The Labute approximate surface area is 362 Å². The largest absolute Gasteiger partial charge is 0.394 e. The van der Waals surface area contributed by atoms with Crippen molar-refractivity contribution in [2.75, 3.05) is 6.61 Å². The average Bonchev–Trinajstić information content (AvgIpc) is 3.22. The zero-order valence-corrected chi connectivity index (χ0v) is 39.2. The first-order chi connectivity index (χ1) is 28.5. The predicted octanol–water partition coefficient (Wildman–Crippen LogP) is 15.7. The Balaban J connectivity index is 3.61. The topological polar surface area (TPSA) is 89.8 Å².